The predicted octanol–water partition coefficient (Wildman–Crippen LogP) is 1.99. The molecule has 0 amide bonds. The second kappa shape index (κ2) is 5.35. The van der Waals surface area contributed by atoms with Gasteiger partial charge in [-0.15, -0.1) is 0 Å². The first-order valence-corrected chi connectivity index (χ1v) is 5.64. The van der Waals surface area contributed by atoms with E-state index in [0.29, 0.717) is 18.1 Å². The smallest absolute Gasteiger partial charge is 0.218 e. The molecule has 0 aliphatic rings. The van der Waals surface area contributed by atoms with E-state index in [9.17, 15) is 0 Å². The molecule has 0 aliphatic carbocycles. The van der Waals surface area contributed by atoms with E-state index in [-0.39, 0.29) is 0 Å². The van der Waals surface area contributed by atoms with Gasteiger partial charge in [0, 0.05) is 18.3 Å². The summed E-state index contributed by atoms with van der Waals surface area (Å²) in [6, 6.07) is 5.73. The van der Waals surface area contributed by atoms with Crippen LogP contribution in [0.3, 0.4) is 0 Å². The number of aryl methyl sites for hydroxylation is 1. The maximum atomic E-state index is 5.66. The van der Waals surface area contributed by atoms with Crippen molar-refractivity contribution in [1.29, 1.82) is 0 Å². The lowest BCUT2D eigenvalue weighted by Crippen LogP contribution is -2.05. The summed E-state index contributed by atoms with van der Waals surface area (Å²) in [5.41, 5.74) is 8.32. The van der Waals surface area contributed by atoms with Crippen LogP contribution < -0.4 is 15.8 Å². The van der Waals surface area contributed by atoms with Crippen LogP contribution in [0.2, 0.25) is 0 Å². The van der Waals surface area contributed by atoms with E-state index in [1.807, 2.05) is 25.1 Å². The van der Waals surface area contributed by atoms with Gasteiger partial charge in [0.1, 0.15) is 5.82 Å². The van der Waals surface area contributed by atoms with Crippen molar-refractivity contribution in [2.45, 2.75) is 13.5 Å². The number of hydrogen-bond donors (Lipinski definition) is 2. The fourth-order valence-corrected chi connectivity index (χ4v) is 1.70. The lowest BCUT2D eigenvalue weighted by molar-refractivity contribution is 0.393. The number of hydrogen-bond acceptors (Lipinski definition) is 5. The Kier molecular flexibility index (Phi) is 3.62. The minimum Gasteiger partial charge on any atom is -0.481 e. The van der Waals surface area contributed by atoms with Gasteiger partial charge in [0.05, 0.1) is 19.0 Å². The van der Waals surface area contributed by atoms with Crippen molar-refractivity contribution in [3.8, 4) is 5.88 Å². The van der Waals surface area contributed by atoms with Crippen molar-refractivity contribution >= 4 is 11.5 Å². The van der Waals surface area contributed by atoms with Gasteiger partial charge >= 0.3 is 0 Å². The Bertz CT molecular complexity index is 542. The summed E-state index contributed by atoms with van der Waals surface area (Å²) in [6.07, 6.45) is 3.34. The number of rotatable bonds is 4. The highest BCUT2D eigenvalue weighted by molar-refractivity contribution is 5.51. The number of methoxy groups -OCH3 is 1. The Morgan fingerprint density at radius 2 is 2.22 bits per heavy atom. The number of ether oxygens (including phenoxy) is 1. The van der Waals surface area contributed by atoms with Crippen molar-refractivity contribution in [3.05, 3.63) is 41.7 Å². The highest BCUT2D eigenvalue weighted by Gasteiger charge is 2.05. The van der Waals surface area contributed by atoms with E-state index in [1.54, 1.807) is 19.5 Å². The van der Waals surface area contributed by atoms with E-state index in [1.165, 1.54) is 0 Å². The third kappa shape index (κ3) is 2.68. The summed E-state index contributed by atoms with van der Waals surface area (Å²) in [5, 5.41) is 3.24. The van der Waals surface area contributed by atoms with Gasteiger partial charge < -0.3 is 15.8 Å². The van der Waals surface area contributed by atoms with Crippen LogP contribution in [0.25, 0.3) is 0 Å². The van der Waals surface area contributed by atoms with Gasteiger partial charge in [0.15, 0.2) is 0 Å². The molecular formula is C13H16N4O. The molecule has 3 N–H and O–H groups in total. The maximum Gasteiger partial charge on any atom is 0.218 e. The molecule has 5 nitrogen and oxygen atoms in total. The molecule has 5 heteroatoms. The molecule has 0 radical (unpaired) electrons. The molecular weight excluding hydrogens is 228 g/mol. The van der Waals surface area contributed by atoms with E-state index < -0.39 is 0 Å². The number of nitrogens with zero attached hydrogens (tertiary/aromatic N) is 2. The zero-order valence-electron chi connectivity index (χ0n) is 10.5. The number of anilines is 2. The molecule has 0 saturated carbocycles. The minimum atomic E-state index is 0.606. The van der Waals surface area contributed by atoms with Crippen LogP contribution >= 0.6 is 0 Å². The normalized spacial score (nSPS) is 10.1. The third-order valence-electron chi connectivity index (χ3n) is 2.59. The summed E-state index contributed by atoms with van der Waals surface area (Å²) < 4.78 is 5.19. The van der Waals surface area contributed by atoms with Gasteiger partial charge in [-0.1, -0.05) is 6.07 Å². The highest BCUT2D eigenvalue weighted by Crippen LogP contribution is 2.18. The molecule has 0 fully saturated rings. The van der Waals surface area contributed by atoms with Crippen molar-refractivity contribution in [3.63, 3.8) is 0 Å². The second-order valence-corrected chi connectivity index (χ2v) is 3.96. The minimum absolute atomic E-state index is 0.606. The molecule has 0 unspecified atom stereocenters. The quantitative estimate of drug-likeness (QED) is 0.860. The molecule has 0 saturated heterocycles. The molecule has 0 bridgehead atoms. The molecule has 94 valence electrons. The molecule has 0 spiro atoms. The van der Waals surface area contributed by atoms with E-state index >= 15 is 0 Å². The molecule has 0 atom stereocenters. The monoisotopic (exact) mass is 244 g/mol. The van der Waals surface area contributed by atoms with Crippen LogP contribution in [0.1, 0.15) is 11.1 Å². The number of nitrogens with two attached hydrogens (primary N) is 1. The average molecular weight is 244 g/mol. The van der Waals surface area contributed by atoms with Gasteiger partial charge in [-0.05, 0) is 24.6 Å². The van der Waals surface area contributed by atoms with Crippen molar-refractivity contribution in [1.82, 2.24) is 9.97 Å². The standard InChI is InChI=1S/C13H16N4O/c1-9-6-11(14)8-17-12(9)16-7-10-4-3-5-15-13(10)18-2/h3-6,8H,7,14H2,1-2H3,(H,16,17). The molecule has 2 heterocycles. The van der Waals surface area contributed by atoms with Crippen LogP contribution in [0.5, 0.6) is 5.88 Å². The fraction of sp³-hybridized carbons (Fsp3) is 0.231. The lowest BCUT2D eigenvalue weighted by atomic mass is 10.2. The molecule has 0 aromatic carbocycles. The number of aromatic nitrogens is 2. The number of pyridine rings is 2. The molecule has 2 aromatic rings. The van der Waals surface area contributed by atoms with Crippen molar-refractivity contribution in [2.24, 2.45) is 0 Å². The molecule has 2 aromatic heterocycles. The number of nitrogens with one attached hydrogen (secondary N) is 1. The maximum absolute atomic E-state index is 5.66. The molecule has 0 aliphatic heterocycles. The zero-order chi connectivity index (χ0) is 13.0. The number of nitrogen functional groups attached to an aromatic ring is 1. The van der Waals surface area contributed by atoms with E-state index in [2.05, 4.69) is 15.3 Å². The Hall–Kier alpha value is -2.30. The fourth-order valence-electron chi connectivity index (χ4n) is 1.70. The summed E-state index contributed by atoms with van der Waals surface area (Å²) >= 11 is 0. The van der Waals surface area contributed by atoms with Gasteiger partial charge in [-0.3, -0.25) is 0 Å². The first kappa shape index (κ1) is 12.2. The lowest BCUT2D eigenvalue weighted by Gasteiger charge is -2.10. The second-order valence-electron chi connectivity index (χ2n) is 3.96. The predicted molar refractivity (Wildman–Crippen MR) is 71.5 cm³/mol. The Morgan fingerprint density at radius 1 is 1.39 bits per heavy atom. The van der Waals surface area contributed by atoms with Crippen LogP contribution in [0.15, 0.2) is 30.6 Å². The molecule has 2 rings (SSSR count). The van der Waals surface area contributed by atoms with Crippen LogP contribution in [0, 0.1) is 6.92 Å². The first-order valence-electron chi connectivity index (χ1n) is 5.64. The van der Waals surface area contributed by atoms with Crippen molar-refractivity contribution < 1.29 is 4.74 Å². The zero-order valence-corrected chi connectivity index (χ0v) is 10.5. The Balaban J connectivity index is 2.11. The highest BCUT2D eigenvalue weighted by atomic mass is 16.5. The van der Waals surface area contributed by atoms with Crippen LogP contribution in [-0.4, -0.2) is 17.1 Å². The third-order valence-corrected chi connectivity index (χ3v) is 2.59. The van der Waals surface area contributed by atoms with Gasteiger partial charge in [-0.25, -0.2) is 9.97 Å². The summed E-state index contributed by atoms with van der Waals surface area (Å²) in [4.78, 5) is 8.39. The Morgan fingerprint density at radius 3 is 2.94 bits per heavy atom. The summed E-state index contributed by atoms with van der Waals surface area (Å²) in [7, 11) is 1.61. The van der Waals surface area contributed by atoms with E-state index in [4.69, 9.17) is 10.5 Å². The Labute approximate surface area is 106 Å². The van der Waals surface area contributed by atoms with Gasteiger partial charge in [0.2, 0.25) is 5.88 Å². The average Bonchev–Trinajstić information content (AvgIpc) is 2.38. The first-order chi connectivity index (χ1) is 8.70. The van der Waals surface area contributed by atoms with Crippen LogP contribution in [0.4, 0.5) is 11.5 Å². The molecule has 18 heavy (non-hydrogen) atoms. The SMILES string of the molecule is COc1ncccc1CNc1ncc(N)cc1C. The van der Waals surface area contributed by atoms with Gasteiger partial charge in [-0.2, -0.15) is 0 Å². The van der Waals surface area contributed by atoms with Gasteiger partial charge in [0.25, 0.3) is 0 Å². The van der Waals surface area contributed by atoms with Crippen molar-refractivity contribution in [2.75, 3.05) is 18.2 Å². The largest absolute Gasteiger partial charge is 0.481 e. The van der Waals surface area contributed by atoms with E-state index in [0.717, 1.165) is 16.9 Å². The summed E-state index contributed by atoms with van der Waals surface area (Å²) in [5.74, 6) is 1.44. The summed E-state index contributed by atoms with van der Waals surface area (Å²) in [6.45, 7) is 2.57. The topological polar surface area (TPSA) is 73.1 Å². The van der Waals surface area contributed by atoms with Crippen LogP contribution in [-0.2, 0) is 6.54 Å².